The molecule has 0 aromatic carbocycles. The topological polar surface area (TPSA) is 39.7 Å². The summed E-state index contributed by atoms with van der Waals surface area (Å²) in [5, 5.41) is 7.69. The van der Waals surface area contributed by atoms with Crippen molar-refractivity contribution in [3.8, 4) is 0 Å². The predicted octanol–water partition coefficient (Wildman–Crippen LogP) is 2.70. The van der Waals surface area contributed by atoms with Crippen molar-refractivity contribution in [2.45, 2.75) is 56.6 Å². The maximum absolute atomic E-state index is 4.32. The first-order valence-electron chi connectivity index (χ1n) is 9.17. The zero-order chi connectivity index (χ0) is 15.5. The van der Waals surface area contributed by atoms with E-state index in [4.69, 9.17) is 0 Å². The first kappa shape index (κ1) is 17.9. The molecular weight excluding hydrogens is 292 g/mol. The second-order valence-electron chi connectivity index (χ2n) is 6.48. The Bertz CT molecular complexity index is 310. The third kappa shape index (κ3) is 7.23. The molecule has 0 bridgehead atoms. The molecule has 22 heavy (non-hydrogen) atoms. The number of nitrogens with zero attached hydrogens (tertiary/aromatic N) is 2. The molecule has 1 atom stereocenters. The molecule has 4 nitrogen and oxygen atoms in total. The molecule has 2 saturated heterocycles. The van der Waals surface area contributed by atoms with E-state index in [9.17, 15) is 0 Å². The van der Waals surface area contributed by atoms with Crippen LogP contribution >= 0.6 is 11.8 Å². The number of hydrogen-bond donors (Lipinski definition) is 2. The fourth-order valence-electron chi connectivity index (χ4n) is 3.26. The number of aliphatic imine (C=N–C) groups is 1. The predicted molar refractivity (Wildman–Crippen MR) is 99.0 cm³/mol. The average Bonchev–Trinajstić information content (AvgIpc) is 3.08. The van der Waals surface area contributed by atoms with Crippen LogP contribution in [0.3, 0.4) is 0 Å². The zero-order valence-corrected chi connectivity index (χ0v) is 15.1. The van der Waals surface area contributed by atoms with E-state index in [1.54, 1.807) is 0 Å². The highest BCUT2D eigenvalue weighted by Crippen LogP contribution is 2.25. The molecular formula is C17H34N4S. The van der Waals surface area contributed by atoms with E-state index in [1.807, 2.05) is 7.05 Å². The van der Waals surface area contributed by atoms with Crippen molar-refractivity contribution in [1.82, 2.24) is 15.5 Å². The fourth-order valence-corrected chi connectivity index (χ4v) is 4.46. The Kier molecular flexibility index (Phi) is 9.10. The van der Waals surface area contributed by atoms with Gasteiger partial charge in [-0.1, -0.05) is 12.8 Å². The number of rotatable bonds is 8. The molecule has 0 aromatic rings. The van der Waals surface area contributed by atoms with Gasteiger partial charge in [0.25, 0.3) is 0 Å². The largest absolute Gasteiger partial charge is 0.356 e. The van der Waals surface area contributed by atoms with E-state index in [-0.39, 0.29) is 0 Å². The van der Waals surface area contributed by atoms with Gasteiger partial charge in [0, 0.05) is 25.4 Å². The van der Waals surface area contributed by atoms with Crippen LogP contribution in [-0.4, -0.2) is 61.6 Å². The molecule has 0 saturated carbocycles. The van der Waals surface area contributed by atoms with Crippen molar-refractivity contribution in [2.75, 3.05) is 45.5 Å². The Labute approximate surface area is 140 Å². The Morgan fingerprint density at radius 2 is 1.95 bits per heavy atom. The van der Waals surface area contributed by atoms with Crippen molar-refractivity contribution in [3.05, 3.63) is 0 Å². The van der Waals surface area contributed by atoms with E-state index in [1.165, 1.54) is 76.8 Å². The molecule has 5 heteroatoms. The minimum absolute atomic E-state index is 0.781. The Balaban J connectivity index is 1.44. The van der Waals surface area contributed by atoms with Crippen molar-refractivity contribution in [3.63, 3.8) is 0 Å². The summed E-state index contributed by atoms with van der Waals surface area (Å²) in [4.78, 5) is 6.95. The lowest BCUT2D eigenvalue weighted by Gasteiger charge is -2.26. The van der Waals surface area contributed by atoms with Gasteiger partial charge in [0.1, 0.15) is 0 Å². The molecule has 1 unspecified atom stereocenters. The summed E-state index contributed by atoms with van der Waals surface area (Å²) < 4.78 is 0. The average molecular weight is 327 g/mol. The van der Waals surface area contributed by atoms with E-state index in [0.29, 0.717) is 0 Å². The Morgan fingerprint density at radius 3 is 2.68 bits per heavy atom. The van der Waals surface area contributed by atoms with Gasteiger partial charge in [-0.05, 0) is 63.9 Å². The quantitative estimate of drug-likeness (QED) is 0.409. The first-order valence-corrected chi connectivity index (χ1v) is 10.2. The van der Waals surface area contributed by atoms with Crippen molar-refractivity contribution in [1.29, 1.82) is 0 Å². The lowest BCUT2D eigenvalue weighted by molar-refractivity contribution is 0.224. The zero-order valence-electron chi connectivity index (χ0n) is 14.3. The summed E-state index contributed by atoms with van der Waals surface area (Å²) in [7, 11) is 1.87. The number of guanidine groups is 1. The van der Waals surface area contributed by atoms with E-state index >= 15 is 0 Å². The number of piperidine rings is 1. The van der Waals surface area contributed by atoms with Gasteiger partial charge in [-0.25, -0.2) is 0 Å². The summed E-state index contributed by atoms with van der Waals surface area (Å²) in [5.41, 5.74) is 0. The Morgan fingerprint density at radius 1 is 1.09 bits per heavy atom. The molecule has 2 N–H and O–H groups in total. The molecule has 2 rings (SSSR count). The molecule has 2 aliphatic rings. The van der Waals surface area contributed by atoms with Crippen molar-refractivity contribution < 1.29 is 0 Å². The number of likely N-dealkylation sites (tertiary alicyclic amines) is 1. The van der Waals surface area contributed by atoms with Gasteiger partial charge >= 0.3 is 0 Å². The Hall–Kier alpha value is -0.420. The lowest BCUT2D eigenvalue weighted by Crippen LogP contribution is -2.40. The van der Waals surface area contributed by atoms with Gasteiger partial charge < -0.3 is 15.5 Å². The van der Waals surface area contributed by atoms with Crippen LogP contribution in [0.4, 0.5) is 0 Å². The van der Waals surface area contributed by atoms with Gasteiger partial charge in [0.05, 0.1) is 0 Å². The van der Waals surface area contributed by atoms with Crippen LogP contribution in [0.5, 0.6) is 0 Å². The van der Waals surface area contributed by atoms with Crippen LogP contribution < -0.4 is 10.6 Å². The maximum Gasteiger partial charge on any atom is 0.191 e. The van der Waals surface area contributed by atoms with Gasteiger partial charge in [0.2, 0.25) is 0 Å². The number of unbranched alkanes of at least 4 members (excludes halogenated alkanes) is 2. The minimum Gasteiger partial charge on any atom is -0.356 e. The monoisotopic (exact) mass is 326 g/mol. The van der Waals surface area contributed by atoms with Gasteiger partial charge in [-0.3, -0.25) is 4.99 Å². The standard InChI is InChI=1S/C17H34N4S/c1-18-17(20-15-16-9-8-14-22-16)19-10-4-2-5-11-21-12-6-3-7-13-21/h16H,2-15H2,1H3,(H2,18,19,20). The van der Waals surface area contributed by atoms with E-state index in [2.05, 4.69) is 32.3 Å². The van der Waals surface area contributed by atoms with Crippen molar-refractivity contribution in [2.24, 2.45) is 4.99 Å². The second kappa shape index (κ2) is 11.2. The van der Waals surface area contributed by atoms with Crippen LogP contribution in [0.2, 0.25) is 0 Å². The number of nitrogens with one attached hydrogen (secondary N) is 2. The van der Waals surface area contributed by atoms with Crippen LogP contribution in [0, 0.1) is 0 Å². The third-order valence-corrected chi connectivity index (χ3v) is 6.04. The van der Waals surface area contributed by atoms with E-state index < -0.39 is 0 Å². The van der Waals surface area contributed by atoms with Crippen LogP contribution in [0.15, 0.2) is 4.99 Å². The summed E-state index contributed by atoms with van der Waals surface area (Å²) in [6.07, 6.45) is 10.9. The van der Waals surface area contributed by atoms with Gasteiger partial charge in [0.15, 0.2) is 5.96 Å². The molecule has 2 fully saturated rings. The summed E-state index contributed by atoms with van der Waals surface area (Å²) in [6.45, 7) is 6.05. The van der Waals surface area contributed by atoms with Crippen LogP contribution in [-0.2, 0) is 0 Å². The first-order chi connectivity index (χ1) is 10.9. The smallest absolute Gasteiger partial charge is 0.191 e. The fraction of sp³-hybridized carbons (Fsp3) is 0.941. The minimum atomic E-state index is 0.781. The maximum atomic E-state index is 4.32. The third-order valence-electron chi connectivity index (χ3n) is 4.64. The highest BCUT2D eigenvalue weighted by Gasteiger charge is 2.15. The molecule has 2 aliphatic heterocycles. The molecule has 0 amide bonds. The summed E-state index contributed by atoms with van der Waals surface area (Å²) in [6, 6.07) is 0. The van der Waals surface area contributed by atoms with Crippen LogP contribution in [0.25, 0.3) is 0 Å². The molecule has 2 heterocycles. The lowest BCUT2D eigenvalue weighted by atomic mass is 10.1. The van der Waals surface area contributed by atoms with Gasteiger partial charge in [-0.15, -0.1) is 0 Å². The van der Waals surface area contributed by atoms with Crippen LogP contribution in [0.1, 0.15) is 51.4 Å². The number of thioether (sulfide) groups is 1. The molecule has 0 aliphatic carbocycles. The SMILES string of the molecule is CN=C(NCCCCCN1CCCCC1)NCC1CCCS1. The molecule has 0 radical (unpaired) electrons. The highest BCUT2D eigenvalue weighted by molar-refractivity contribution is 8.00. The normalized spacial score (nSPS) is 23.7. The van der Waals surface area contributed by atoms with Gasteiger partial charge in [-0.2, -0.15) is 11.8 Å². The van der Waals surface area contributed by atoms with Crippen molar-refractivity contribution >= 4 is 17.7 Å². The molecule has 0 aromatic heterocycles. The highest BCUT2D eigenvalue weighted by atomic mass is 32.2. The molecule has 128 valence electrons. The molecule has 0 spiro atoms. The second-order valence-corrected chi connectivity index (χ2v) is 7.89. The summed E-state index contributed by atoms with van der Waals surface area (Å²) >= 11 is 2.09. The number of hydrogen-bond acceptors (Lipinski definition) is 3. The summed E-state index contributed by atoms with van der Waals surface area (Å²) in [5.74, 6) is 2.30. The van der Waals surface area contributed by atoms with E-state index in [0.717, 1.165) is 24.3 Å².